The molecule has 3 aromatic rings. The standard InChI is InChI=1S/C22H19ClN4O3/c1-12-18-19(15(10-24)21(25)30-22(18)27-26-12)14-7-5-9-17(28-2)20(14)29-11-13-6-3-4-8-16(13)23/h3-9,19H,11,25H2,1-2H3,(H,26,27)/t19-/m1/s1. The lowest BCUT2D eigenvalue weighted by atomic mass is 9.83. The molecule has 4 rings (SSSR count). The SMILES string of the molecule is COc1cccc([C@@H]2C(C#N)=C(N)Oc3n[nH]c(C)c32)c1OCc1ccccc1Cl. The van der Waals surface area contributed by atoms with E-state index in [0.717, 1.165) is 22.4 Å². The molecule has 0 spiro atoms. The third kappa shape index (κ3) is 3.31. The van der Waals surface area contributed by atoms with Crippen LogP contribution in [0, 0.1) is 18.3 Å². The summed E-state index contributed by atoms with van der Waals surface area (Å²) in [5, 5.41) is 17.5. The number of ether oxygens (including phenoxy) is 3. The predicted molar refractivity (Wildman–Crippen MR) is 111 cm³/mol. The third-order valence-corrected chi connectivity index (χ3v) is 5.37. The van der Waals surface area contributed by atoms with Crippen LogP contribution in [0.4, 0.5) is 0 Å². The lowest BCUT2D eigenvalue weighted by Gasteiger charge is -2.26. The zero-order valence-corrected chi connectivity index (χ0v) is 17.2. The van der Waals surface area contributed by atoms with Crippen LogP contribution in [0.5, 0.6) is 17.4 Å². The van der Waals surface area contributed by atoms with Crippen molar-refractivity contribution < 1.29 is 14.2 Å². The van der Waals surface area contributed by atoms with Gasteiger partial charge in [0.1, 0.15) is 18.2 Å². The first-order valence-electron chi connectivity index (χ1n) is 9.20. The van der Waals surface area contributed by atoms with Gasteiger partial charge in [-0.15, -0.1) is 5.10 Å². The Labute approximate surface area is 178 Å². The summed E-state index contributed by atoms with van der Waals surface area (Å²) in [5.74, 6) is 0.868. The van der Waals surface area contributed by atoms with Gasteiger partial charge in [0.15, 0.2) is 11.5 Å². The molecule has 2 aromatic carbocycles. The second-order valence-electron chi connectivity index (χ2n) is 6.75. The molecule has 7 nitrogen and oxygen atoms in total. The highest BCUT2D eigenvalue weighted by molar-refractivity contribution is 6.31. The fourth-order valence-electron chi connectivity index (χ4n) is 3.55. The highest BCUT2D eigenvalue weighted by Crippen LogP contribution is 2.47. The lowest BCUT2D eigenvalue weighted by molar-refractivity contribution is 0.280. The van der Waals surface area contributed by atoms with E-state index in [0.29, 0.717) is 22.4 Å². The summed E-state index contributed by atoms with van der Waals surface area (Å²) >= 11 is 6.28. The monoisotopic (exact) mass is 422 g/mol. The molecule has 1 atom stereocenters. The lowest BCUT2D eigenvalue weighted by Crippen LogP contribution is -2.21. The van der Waals surface area contributed by atoms with Gasteiger partial charge < -0.3 is 19.9 Å². The molecule has 0 bridgehead atoms. The number of allylic oxidation sites excluding steroid dienone is 1. The number of hydrogen-bond donors (Lipinski definition) is 2. The summed E-state index contributed by atoms with van der Waals surface area (Å²) in [7, 11) is 1.56. The number of fused-ring (bicyclic) bond motifs is 1. The van der Waals surface area contributed by atoms with Crippen molar-refractivity contribution in [2.45, 2.75) is 19.4 Å². The summed E-state index contributed by atoms with van der Waals surface area (Å²) < 4.78 is 17.3. The number of hydrogen-bond acceptors (Lipinski definition) is 6. The predicted octanol–water partition coefficient (Wildman–Crippen LogP) is 4.18. The topological polar surface area (TPSA) is 106 Å². The maximum absolute atomic E-state index is 9.82. The molecular weight excluding hydrogens is 404 g/mol. The molecule has 2 heterocycles. The van der Waals surface area contributed by atoms with Crippen molar-refractivity contribution >= 4 is 11.6 Å². The normalized spacial score (nSPS) is 15.2. The van der Waals surface area contributed by atoms with Crippen LogP contribution in [-0.2, 0) is 6.61 Å². The second kappa shape index (κ2) is 8.01. The number of benzene rings is 2. The molecule has 8 heteroatoms. The minimum atomic E-state index is -0.520. The minimum Gasteiger partial charge on any atom is -0.493 e. The molecule has 30 heavy (non-hydrogen) atoms. The summed E-state index contributed by atoms with van der Waals surface area (Å²) in [6, 6.07) is 15.1. The molecule has 1 aliphatic heterocycles. The molecule has 152 valence electrons. The van der Waals surface area contributed by atoms with Crippen LogP contribution >= 0.6 is 11.6 Å². The molecule has 0 radical (unpaired) electrons. The molecule has 0 saturated carbocycles. The van der Waals surface area contributed by atoms with Crippen LogP contribution in [0.2, 0.25) is 5.02 Å². The van der Waals surface area contributed by atoms with Gasteiger partial charge in [-0.25, -0.2) is 0 Å². The number of methoxy groups -OCH3 is 1. The van der Waals surface area contributed by atoms with Crippen molar-refractivity contribution in [2.24, 2.45) is 5.73 Å². The average Bonchev–Trinajstić information content (AvgIpc) is 3.12. The highest BCUT2D eigenvalue weighted by atomic mass is 35.5. The number of nitrogens with one attached hydrogen (secondary N) is 1. The van der Waals surface area contributed by atoms with Crippen molar-refractivity contribution in [1.29, 1.82) is 5.26 Å². The Bertz CT molecular complexity index is 1180. The van der Waals surface area contributed by atoms with Crippen LogP contribution in [0.3, 0.4) is 0 Å². The quantitative estimate of drug-likeness (QED) is 0.638. The number of nitrogens with two attached hydrogens (primary N) is 1. The van der Waals surface area contributed by atoms with E-state index in [4.69, 9.17) is 31.5 Å². The maximum Gasteiger partial charge on any atom is 0.244 e. The molecule has 0 fully saturated rings. The van der Waals surface area contributed by atoms with Crippen molar-refractivity contribution in [2.75, 3.05) is 7.11 Å². The first kappa shape index (κ1) is 19.7. The van der Waals surface area contributed by atoms with Gasteiger partial charge in [-0.2, -0.15) is 5.26 Å². The number of nitriles is 1. The summed E-state index contributed by atoms with van der Waals surface area (Å²) in [6.45, 7) is 2.09. The van der Waals surface area contributed by atoms with Gasteiger partial charge in [0.25, 0.3) is 0 Å². The van der Waals surface area contributed by atoms with Crippen LogP contribution in [0.15, 0.2) is 53.9 Å². The number of nitrogens with zero attached hydrogens (tertiary/aromatic N) is 2. The summed E-state index contributed by atoms with van der Waals surface area (Å²) in [4.78, 5) is 0. The molecule has 1 aromatic heterocycles. The van der Waals surface area contributed by atoms with Gasteiger partial charge in [-0.1, -0.05) is 41.9 Å². The van der Waals surface area contributed by atoms with Crippen LogP contribution in [0.25, 0.3) is 0 Å². The van der Waals surface area contributed by atoms with Crippen LogP contribution < -0.4 is 19.9 Å². The van der Waals surface area contributed by atoms with Gasteiger partial charge in [-0.05, 0) is 19.1 Å². The summed E-state index contributed by atoms with van der Waals surface area (Å²) in [5.41, 5.74) is 9.37. The average molecular weight is 423 g/mol. The first-order chi connectivity index (χ1) is 14.5. The first-order valence-corrected chi connectivity index (χ1v) is 9.58. The molecule has 1 aliphatic rings. The number of aromatic nitrogens is 2. The molecular formula is C22H19ClN4O3. The van der Waals surface area contributed by atoms with Crippen molar-refractivity contribution in [3.8, 4) is 23.4 Å². The molecule has 0 unspecified atom stereocenters. The largest absolute Gasteiger partial charge is 0.493 e. The highest BCUT2D eigenvalue weighted by Gasteiger charge is 2.36. The van der Waals surface area contributed by atoms with E-state index >= 15 is 0 Å². The van der Waals surface area contributed by atoms with E-state index in [-0.39, 0.29) is 18.1 Å². The molecule has 0 amide bonds. The Hall–Kier alpha value is -3.63. The fourth-order valence-corrected chi connectivity index (χ4v) is 3.74. The third-order valence-electron chi connectivity index (χ3n) is 5.00. The fraction of sp³-hybridized carbons (Fsp3) is 0.182. The number of halogens is 1. The van der Waals surface area contributed by atoms with Gasteiger partial charge in [0, 0.05) is 27.4 Å². The zero-order chi connectivity index (χ0) is 21.3. The Morgan fingerprint density at radius 2 is 2.07 bits per heavy atom. The molecule has 3 N–H and O–H groups in total. The van der Waals surface area contributed by atoms with E-state index in [2.05, 4.69) is 16.3 Å². The van der Waals surface area contributed by atoms with Gasteiger partial charge in [-0.3, -0.25) is 5.10 Å². The van der Waals surface area contributed by atoms with E-state index < -0.39 is 5.92 Å². The number of H-pyrrole nitrogens is 1. The Morgan fingerprint density at radius 3 is 2.80 bits per heavy atom. The van der Waals surface area contributed by atoms with E-state index in [9.17, 15) is 5.26 Å². The van der Waals surface area contributed by atoms with Crippen molar-refractivity contribution in [1.82, 2.24) is 10.2 Å². The van der Waals surface area contributed by atoms with Crippen molar-refractivity contribution in [3.63, 3.8) is 0 Å². The number of para-hydroxylation sites is 1. The van der Waals surface area contributed by atoms with Crippen LogP contribution in [-0.4, -0.2) is 17.3 Å². The number of aryl methyl sites for hydroxylation is 1. The van der Waals surface area contributed by atoms with E-state index in [1.165, 1.54) is 0 Å². The Morgan fingerprint density at radius 1 is 1.27 bits per heavy atom. The van der Waals surface area contributed by atoms with Gasteiger partial charge in [0.05, 0.1) is 13.0 Å². The number of aromatic amines is 1. The zero-order valence-electron chi connectivity index (χ0n) is 16.4. The van der Waals surface area contributed by atoms with Crippen LogP contribution in [0.1, 0.15) is 28.3 Å². The minimum absolute atomic E-state index is 0.0152. The Kier molecular flexibility index (Phi) is 5.25. The maximum atomic E-state index is 9.82. The van der Waals surface area contributed by atoms with Gasteiger partial charge in [0.2, 0.25) is 11.8 Å². The second-order valence-corrected chi connectivity index (χ2v) is 7.16. The molecule has 0 saturated heterocycles. The van der Waals surface area contributed by atoms with E-state index in [1.54, 1.807) is 19.2 Å². The van der Waals surface area contributed by atoms with Gasteiger partial charge >= 0.3 is 0 Å². The summed E-state index contributed by atoms with van der Waals surface area (Å²) in [6.07, 6.45) is 0. The molecule has 0 aliphatic carbocycles. The number of rotatable bonds is 5. The van der Waals surface area contributed by atoms with Crippen molar-refractivity contribution in [3.05, 3.63) is 81.3 Å². The Balaban J connectivity index is 1.84. The smallest absolute Gasteiger partial charge is 0.244 e. The van der Waals surface area contributed by atoms with E-state index in [1.807, 2.05) is 37.3 Å².